The summed E-state index contributed by atoms with van der Waals surface area (Å²) in [5.74, 6) is -1.02. The standard InChI is InChI=1S/C21H26FN3O3S/c1-14-19(29-13-23-14)20(27)24-18-4-2-3-7-21(18)12-25(8-9-28-21)11-15-5-6-17(26)16(22)10-15/h5-6,10,13,18,26H,2-4,7-9,11-12H2,1H3,(H,24,27)/t18-,21-/m1/s1. The summed E-state index contributed by atoms with van der Waals surface area (Å²) < 4.78 is 20.0. The molecule has 8 heteroatoms. The molecule has 2 N–H and O–H groups in total. The molecule has 4 rings (SSSR count). The van der Waals surface area contributed by atoms with Crippen molar-refractivity contribution in [3.63, 3.8) is 0 Å². The first kappa shape index (κ1) is 20.3. The van der Waals surface area contributed by atoms with Crippen LogP contribution in [0.4, 0.5) is 4.39 Å². The van der Waals surface area contributed by atoms with Crippen LogP contribution in [0.5, 0.6) is 5.75 Å². The van der Waals surface area contributed by atoms with Crippen LogP contribution in [-0.4, -0.2) is 52.2 Å². The van der Waals surface area contributed by atoms with E-state index in [1.807, 2.05) is 6.92 Å². The van der Waals surface area contributed by atoms with Crippen LogP contribution >= 0.6 is 11.3 Å². The quantitative estimate of drug-likeness (QED) is 0.796. The summed E-state index contributed by atoms with van der Waals surface area (Å²) in [4.78, 5) is 19.9. The van der Waals surface area contributed by atoms with E-state index < -0.39 is 11.4 Å². The summed E-state index contributed by atoms with van der Waals surface area (Å²) in [6.07, 6.45) is 3.89. The number of hydrogen-bond donors (Lipinski definition) is 2. The van der Waals surface area contributed by atoms with Gasteiger partial charge in [-0.15, -0.1) is 11.3 Å². The minimum atomic E-state index is -0.604. The second kappa shape index (κ2) is 8.38. The largest absolute Gasteiger partial charge is 0.505 e. The third-order valence-corrected chi connectivity index (χ3v) is 6.87. The monoisotopic (exact) mass is 419 g/mol. The molecule has 1 saturated heterocycles. The van der Waals surface area contributed by atoms with Gasteiger partial charge < -0.3 is 15.2 Å². The zero-order chi connectivity index (χ0) is 20.4. The molecule has 1 aromatic carbocycles. The molecule has 0 unspecified atom stereocenters. The molecule has 2 heterocycles. The molecular formula is C21H26FN3O3S. The van der Waals surface area contributed by atoms with Crippen molar-refractivity contribution >= 4 is 17.2 Å². The molecule has 2 aromatic rings. The van der Waals surface area contributed by atoms with Gasteiger partial charge in [-0.05, 0) is 37.5 Å². The number of nitrogens with one attached hydrogen (secondary N) is 1. The molecule has 2 atom stereocenters. The van der Waals surface area contributed by atoms with Gasteiger partial charge in [0.25, 0.3) is 5.91 Å². The molecular weight excluding hydrogens is 393 g/mol. The number of benzene rings is 1. The molecule has 0 radical (unpaired) electrons. The van der Waals surface area contributed by atoms with Crippen LogP contribution in [0.15, 0.2) is 23.7 Å². The van der Waals surface area contributed by atoms with Crippen molar-refractivity contribution in [2.75, 3.05) is 19.7 Å². The number of amides is 1. The number of carbonyl (C=O) groups excluding carboxylic acids is 1. The Balaban J connectivity index is 1.48. The van der Waals surface area contributed by atoms with E-state index in [9.17, 15) is 14.3 Å². The van der Waals surface area contributed by atoms with Crippen LogP contribution in [0.1, 0.15) is 46.6 Å². The summed E-state index contributed by atoms with van der Waals surface area (Å²) in [6.45, 7) is 4.43. The van der Waals surface area contributed by atoms with E-state index >= 15 is 0 Å². The van der Waals surface area contributed by atoms with Gasteiger partial charge in [0.2, 0.25) is 0 Å². The topological polar surface area (TPSA) is 74.7 Å². The fourth-order valence-corrected chi connectivity index (χ4v) is 5.15. The Morgan fingerprint density at radius 1 is 1.48 bits per heavy atom. The smallest absolute Gasteiger partial charge is 0.263 e. The SMILES string of the molecule is Cc1ncsc1C(=O)N[C@@H]1CCCC[C@@]12CN(Cc1ccc(O)c(F)c1)CCO2. The zero-order valence-electron chi connectivity index (χ0n) is 16.5. The molecule has 2 fully saturated rings. The van der Waals surface area contributed by atoms with E-state index in [1.54, 1.807) is 11.6 Å². The van der Waals surface area contributed by atoms with Crippen molar-refractivity contribution in [2.24, 2.45) is 0 Å². The Hall–Kier alpha value is -2.03. The van der Waals surface area contributed by atoms with Gasteiger partial charge in [-0.3, -0.25) is 9.69 Å². The highest BCUT2D eigenvalue weighted by Crippen LogP contribution is 2.36. The number of ether oxygens (including phenoxy) is 1. The lowest BCUT2D eigenvalue weighted by Crippen LogP contribution is -2.63. The number of carbonyl (C=O) groups is 1. The molecule has 1 saturated carbocycles. The summed E-state index contributed by atoms with van der Waals surface area (Å²) in [7, 11) is 0. The highest BCUT2D eigenvalue weighted by Gasteiger charge is 2.46. The number of morpholine rings is 1. The van der Waals surface area contributed by atoms with Crippen molar-refractivity contribution in [3.05, 3.63) is 45.7 Å². The number of phenols is 1. The summed E-state index contributed by atoms with van der Waals surface area (Å²) in [5, 5.41) is 12.6. The Kier molecular flexibility index (Phi) is 5.85. The van der Waals surface area contributed by atoms with Gasteiger partial charge >= 0.3 is 0 Å². The molecule has 1 aliphatic carbocycles. The molecule has 6 nitrogen and oxygen atoms in total. The number of nitrogens with zero attached hydrogens (tertiary/aromatic N) is 2. The van der Waals surface area contributed by atoms with Crippen LogP contribution in [0, 0.1) is 12.7 Å². The van der Waals surface area contributed by atoms with Crippen molar-refractivity contribution in [2.45, 2.75) is 50.8 Å². The van der Waals surface area contributed by atoms with E-state index in [2.05, 4.69) is 15.2 Å². The summed E-state index contributed by atoms with van der Waals surface area (Å²) >= 11 is 1.36. The maximum Gasteiger partial charge on any atom is 0.263 e. The Morgan fingerprint density at radius 3 is 3.10 bits per heavy atom. The van der Waals surface area contributed by atoms with Gasteiger partial charge in [0, 0.05) is 19.6 Å². The number of aromatic hydroxyl groups is 1. The van der Waals surface area contributed by atoms with E-state index in [4.69, 9.17) is 4.74 Å². The highest BCUT2D eigenvalue weighted by molar-refractivity contribution is 7.11. The average Bonchev–Trinajstić information content (AvgIpc) is 3.13. The molecule has 1 spiro atoms. The molecule has 29 heavy (non-hydrogen) atoms. The summed E-state index contributed by atoms with van der Waals surface area (Å²) in [5.41, 5.74) is 2.82. The minimum Gasteiger partial charge on any atom is -0.505 e. The lowest BCUT2D eigenvalue weighted by molar-refractivity contribution is -0.143. The molecule has 156 valence electrons. The van der Waals surface area contributed by atoms with E-state index in [1.165, 1.54) is 23.5 Å². The first-order valence-electron chi connectivity index (χ1n) is 10.0. The molecule has 1 aromatic heterocycles. The summed E-state index contributed by atoms with van der Waals surface area (Å²) in [6, 6.07) is 4.45. The number of aromatic nitrogens is 1. The predicted octanol–water partition coefficient (Wildman–Crippen LogP) is 3.24. The predicted molar refractivity (Wildman–Crippen MR) is 109 cm³/mol. The number of aryl methyl sites for hydroxylation is 1. The zero-order valence-corrected chi connectivity index (χ0v) is 17.3. The van der Waals surface area contributed by atoms with Crippen molar-refractivity contribution in [1.29, 1.82) is 0 Å². The molecule has 1 aliphatic heterocycles. The van der Waals surface area contributed by atoms with E-state index in [0.717, 1.165) is 43.5 Å². The first-order chi connectivity index (χ1) is 14.0. The number of halogens is 1. The maximum absolute atomic E-state index is 13.7. The maximum atomic E-state index is 13.7. The third-order valence-electron chi connectivity index (χ3n) is 5.94. The van der Waals surface area contributed by atoms with E-state index in [-0.39, 0.29) is 17.7 Å². The molecule has 0 bridgehead atoms. The van der Waals surface area contributed by atoms with Gasteiger partial charge in [-0.2, -0.15) is 0 Å². The molecule has 1 amide bonds. The Morgan fingerprint density at radius 2 is 2.34 bits per heavy atom. The van der Waals surface area contributed by atoms with E-state index in [0.29, 0.717) is 24.6 Å². The average molecular weight is 420 g/mol. The van der Waals surface area contributed by atoms with Crippen molar-refractivity contribution in [3.8, 4) is 5.75 Å². The first-order valence-corrected chi connectivity index (χ1v) is 10.9. The fourth-order valence-electron chi connectivity index (χ4n) is 4.44. The van der Waals surface area contributed by atoms with Gasteiger partial charge in [-0.25, -0.2) is 9.37 Å². The van der Waals surface area contributed by atoms with Crippen LogP contribution in [0.2, 0.25) is 0 Å². The lowest BCUT2D eigenvalue weighted by atomic mass is 9.78. The normalized spacial score (nSPS) is 25.2. The highest BCUT2D eigenvalue weighted by atomic mass is 32.1. The van der Waals surface area contributed by atoms with Gasteiger partial charge in [0.15, 0.2) is 11.6 Å². The second-order valence-corrected chi connectivity index (χ2v) is 8.80. The minimum absolute atomic E-state index is 0.0652. The van der Waals surface area contributed by atoms with Crippen molar-refractivity contribution in [1.82, 2.24) is 15.2 Å². The van der Waals surface area contributed by atoms with Crippen LogP contribution in [0.3, 0.4) is 0 Å². The number of rotatable bonds is 4. The third kappa shape index (κ3) is 4.29. The van der Waals surface area contributed by atoms with Crippen LogP contribution in [0.25, 0.3) is 0 Å². The van der Waals surface area contributed by atoms with Gasteiger partial charge in [0.05, 0.1) is 23.9 Å². The van der Waals surface area contributed by atoms with Gasteiger partial charge in [-0.1, -0.05) is 18.9 Å². The Bertz CT molecular complexity index is 886. The van der Waals surface area contributed by atoms with Crippen LogP contribution in [-0.2, 0) is 11.3 Å². The number of thiazole rings is 1. The lowest BCUT2D eigenvalue weighted by Gasteiger charge is -2.49. The molecule has 2 aliphatic rings. The Labute approximate surface area is 173 Å². The number of phenolic OH excluding ortho intramolecular Hbond substituents is 1. The van der Waals surface area contributed by atoms with Gasteiger partial charge in [0.1, 0.15) is 10.5 Å². The van der Waals surface area contributed by atoms with Crippen LogP contribution < -0.4 is 5.32 Å². The number of hydrogen-bond acceptors (Lipinski definition) is 6. The second-order valence-electron chi connectivity index (χ2n) is 7.95. The van der Waals surface area contributed by atoms with Crippen molar-refractivity contribution < 1.29 is 19.0 Å². The fraction of sp³-hybridized carbons (Fsp3) is 0.524.